The van der Waals surface area contributed by atoms with E-state index >= 15 is 0 Å². The van der Waals surface area contributed by atoms with Gasteiger partial charge in [-0.3, -0.25) is 0 Å². The Hall–Kier alpha value is -1.23. The van der Waals surface area contributed by atoms with E-state index < -0.39 is 0 Å². The fourth-order valence-electron chi connectivity index (χ4n) is 1.33. The number of hydrazone groups is 1. The van der Waals surface area contributed by atoms with Crippen molar-refractivity contribution in [2.45, 2.75) is 19.8 Å². The van der Waals surface area contributed by atoms with Crippen LogP contribution in [-0.4, -0.2) is 19.9 Å². The summed E-state index contributed by atoms with van der Waals surface area (Å²) in [7, 11) is 1.61. The van der Waals surface area contributed by atoms with Gasteiger partial charge in [0.15, 0.2) is 11.5 Å². The summed E-state index contributed by atoms with van der Waals surface area (Å²) < 4.78 is 11.8. The zero-order valence-corrected chi connectivity index (χ0v) is 11.7. The Morgan fingerprint density at radius 1 is 1.41 bits per heavy atom. The largest absolute Gasteiger partial charge is 0.493 e. The van der Waals surface area contributed by atoms with Crippen LogP contribution in [0.4, 0.5) is 0 Å². The Bertz CT molecular complexity index is 394. The summed E-state index contributed by atoms with van der Waals surface area (Å²) in [6, 6.07) is 3.70. The molecule has 0 atom stereocenters. The van der Waals surface area contributed by atoms with Crippen LogP contribution in [0.25, 0.3) is 0 Å². The molecule has 17 heavy (non-hydrogen) atoms. The molecule has 0 radical (unpaired) electrons. The molecule has 1 aromatic carbocycles. The Balaban J connectivity index is 2.93. The van der Waals surface area contributed by atoms with Gasteiger partial charge in [0, 0.05) is 10.0 Å². The average Bonchev–Trinajstić information content (AvgIpc) is 2.33. The van der Waals surface area contributed by atoms with Crippen molar-refractivity contribution in [1.82, 2.24) is 0 Å². The van der Waals surface area contributed by atoms with Crippen LogP contribution in [0.15, 0.2) is 21.7 Å². The molecule has 0 amide bonds. The lowest BCUT2D eigenvalue weighted by Gasteiger charge is -2.12. The van der Waals surface area contributed by atoms with E-state index in [0.717, 1.165) is 28.6 Å². The van der Waals surface area contributed by atoms with Crippen molar-refractivity contribution in [1.29, 1.82) is 0 Å². The molecule has 2 N–H and O–H groups in total. The molecule has 5 heteroatoms. The summed E-state index contributed by atoms with van der Waals surface area (Å²) >= 11 is 3.44. The monoisotopic (exact) mass is 300 g/mol. The summed E-state index contributed by atoms with van der Waals surface area (Å²) in [5.41, 5.74) is 0.854. The lowest BCUT2D eigenvalue weighted by Crippen LogP contribution is -2.00. The maximum atomic E-state index is 5.65. The van der Waals surface area contributed by atoms with Crippen molar-refractivity contribution in [2.75, 3.05) is 13.7 Å². The van der Waals surface area contributed by atoms with Crippen LogP contribution < -0.4 is 15.3 Å². The fraction of sp³-hybridized carbons (Fsp3) is 0.417. The lowest BCUT2D eigenvalue weighted by atomic mass is 10.2. The Kier molecular flexibility index (Phi) is 5.83. The van der Waals surface area contributed by atoms with Gasteiger partial charge in [-0.2, -0.15) is 5.10 Å². The number of nitrogens with zero attached hydrogens (tertiary/aromatic N) is 1. The molecule has 4 nitrogen and oxygen atoms in total. The second-order valence-electron chi connectivity index (χ2n) is 3.50. The molecule has 0 aliphatic carbocycles. The Labute approximate surface area is 110 Å². The van der Waals surface area contributed by atoms with E-state index in [1.165, 1.54) is 0 Å². The topological polar surface area (TPSA) is 56.8 Å². The number of halogens is 1. The number of hydrogen-bond acceptors (Lipinski definition) is 4. The molecule has 0 unspecified atom stereocenters. The molecule has 0 aliphatic rings. The summed E-state index contributed by atoms with van der Waals surface area (Å²) in [5, 5.41) is 3.50. The summed E-state index contributed by atoms with van der Waals surface area (Å²) in [5.74, 6) is 6.54. The van der Waals surface area contributed by atoms with Crippen LogP contribution in [0, 0.1) is 0 Å². The zero-order chi connectivity index (χ0) is 12.7. The fourth-order valence-corrected chi connectivity index (χ4v) is 1.75. The van der Waals surface area contributed by atoms with E-state index in [1.807, 2.05) is 12.1 Å². The van der Waals surface area contributed by atoms with Gasteiger partial charge >= 0.3 is 0 Å². The number of benzene rings is 1. The third kappa shape index (κ3) is 3.93. The highest BCUT2D eigenvalue weighted by atomic mass is 79.9. The van der Waals surface area contributed by atoms with E-state index in [9.17, 15) is 0 Å². The molecule has 0 aliphatic heterocycles. The van der Waals surface area contributed by atoms with E-state index in [-0.39, 0.29) is 0 Å². The number of hydrogen-bond donors (Lipinski definition) is 1. The lowest BCUT2D eigenvalue weighted by molar-refractivity contribution is 0.288. The highest BCUT2D eigenvalue weighted by Gasteiger charge is 2.09. The van der Waals surface area contributed by atoms with Crippen molar-refractivity contribution in [2.24, 2.45) is 10.9 Å². The maximum Gasteiger partial charge on any atom is 0.162 e. The van der Waals surface area contributed by atoms with Gasteiger partial charge in [-0.25, -0.2) is 0 Å². The van der Waals surface area contributed by atoms with Crippen molar-refractivity contribution < 1.29 is 9.47 Å². The number of ether oxygens (including phenoxy) is 2. The molecular weight excluding hydrogens is 284 g/mol. The minimum absolute atomic E-state index is 0.680. The summed E-state index contributed by atoms with van der Waals surface area (Å²) in [6.45, 7) is 2.81. The first-order valence-electron chi connectivity index (χ1n) is 5.46. The molecule has 0 saturated carbocycles. The highest BCUT2D eigenvalue weighted by Crippen LogP contribution is 2.33. The van der Waals surface area contributed by atoms with Gasteiger partial charge in [-0.1, -0.05) is 13.3 Å². The van der Waals surface area contributed by atoms with Gasteiger partial charge < -0.3 is 15.3 Å². The molecule has 1 rings (SSSR count). The smallest absolute Gasteiger partial charge is 0.162 e. The molecule has 0 aromatic heterocycles. The predicted octanol–water partition coefficient (Wildman–Crippen LogP) is 2.93. The first-order chi connectivity index (χ1) is 8.22. The first kappa shape index (κ1) is 13.8. The van der Waals surface area contributed by atoms with Gasteiger partial charge in [0.2, 0.25) is 0 Å². The first-order valence-corrected chi connectivity index (χ1v) is 6.25. The van der Waals surface area contributed by atoms with Gasteiger partial charge in [0.25, 0.3) is 0 Å². The standard InChI is InChI=1S/C12H17BrN2O2/c1-3-4-5-17-12-7-10(13)9(8-15-14)6-11(12)16-2/h6-8H,3-5,14H2,1-2H3. The van der Waals surface area contributed by atoms with Crippen LogP contribution in [0.5, 0.6) is 11.5 Å². The van der Waals surface area contributed by atoms with Crippen LogP contribution in [0.2, 0.25) is 0 Å². The molecule has 0 fully saturated rings. The number of rotatable bonds is 6. The molecule has 94 valence electrons. The second kappa shape index (κ2) is 7.17. The van der Waals surface area contributed by atoms with Crippen molar-refractivity contribution in [3.05, 3.63) is 22.2 Å². The highest BCUT2D eigenvalue weighted by molar-refractivity contribution is 9.10. The molecular formula is C12H17BrN2O2. The van der Waals surface area contributed by atoms with Gasteiger partial charge in [0.1, 0.15) is 0 Å². The Morgan fingerprint density at radius 3 is 2.76 bits per heavy atom. The van der Waals surface area contributed by atoms with Crippen molar-refractivity contribution in [3.63, 3.8) is 0 Å². The number of nitrogens with two attached hydrogens (primary N) is 1. The summed E-state index contributed by atoms with van der Waals surface area (Å²) in [4.78, 5) is 0. The van der Waals surface area contributed by atoms with Crippen LogP contribution in [0.3, 0.4) is 0 Å². The number of methoxy groups -OCH3 is 1. The second-order valence-corrected chi connectivity index (χ2v) is 4.36. The van der Waals surface area contributed by atoms with E-state index in [0.29, 0.717) is 12.4 Å². The third-order valence-electron chi connectivity index (χ3n) is 2.25. The van der Waals surface area contributed by atoms with Crippen LogP contribution >= 0.6 is 15.9 Å². The molecule has 0 saturated heterocycles. The SMILES string of the molecule is CCCCOc1cc(Br)c(C=NN)cc1OC. The number of unbranched alkanes of at least 4 members (excludes halogenated alkanes) is 1. The van der Waals surface area contributed by atoms with Gasteiger partial charge in [-0.15, -0.1) is 0 Å². The Morgan fingerprint density at radius 2 is 2.18 bits per heavy atom. The van der Waals surface area contributed by atoms with Gasteiger partial charge in [-0.05, 0) is 34.5 Å². The zero-order valence-electron chi connectivity index (χ0n) is 10.1. The quantitative estimate of drug-likeness (QED) is 0.380. The maximum absolute atomic E-state index is 5.65. The molecule has 0 spiro atoms. The minimum atomic E-state index is 0.680. The van der Waals surface area contributed by atoms with Crippen molar-refractivity contribution in [3.8, 4) is 11.5 Å². The normalized spacial score (nSPS) is 10.8. The van der Waals surface area contributed by atoms with Crippen LogP contribution in [-0.2, 0) is 0 Å². The van der Waals surface area contributed by atoms with E-state index in [2.05, 4.69) is 28.0 Å². The van der Waals surface area contributed by atoms with Gasteiger partial charge in [0.05, 0.1) is 19.9 Å². The molecule has 0 bridgehead atoms. The summed E-state index contributed by atoms with van der Waals surface area (Å²) in [6.07, 6.45) is 3.68. The van der Waals surface area contributed by atoms with E-state index in [1.54, 1.807) is 13.3 Å². The third-order valence-corrected chi connectivity index (χ3v) is 2.94. The van der Waals surface area contributed by atoms with E-state index in [4.69, 9.17) is 15.3 Å². The van der Waals surface area contributed by atoms with Crippen molar-refractivity contribution >= 4 is 22.1 Å². The van der Waals surface area contributed by atoms with Crippen LogP contribution in [0.1, 0.15) is 25.3 Å². The predicted molar refractivity (Wildman–Crippen MR) is 72.9 cm³/mol. The minimum Gasteiger partial charge on any atom is -0.493 e. The molecule has 0 heterocycles. The average molecular weight is 301 g/mol. The molecule has 1 aromatic rings.